The van der Waals surface area contributed by atoms with Crippen molar-refractivity contribution in [3.63, 3.8) is 0 Å². The Labute approximate surface area is 513 Å². The number of amides is 5. The Bertz CT molecular complexity index is 3520. The van der Waals surface area contributed by atoms with E-state index in [0.29, 0.717) is 59.8 Å². The number of imide groups is 2. The minimum atomic E-state index is -6.13. The number of unbranched alkanes of at least 4 members (excludes halogenated alkanes) is 3. The van der Waals surface area contributed by atoms with Gasteiger partial charge in [0.15, 0.2) is 0 Å². The third kappa shape index (κ3) is 14.0. The van der Waals surface area contributed by atoms with Crippen molar-refractivity contribution < 1.29 is 54.0 Å². The summed E-state index contributed by atoms with van der Waals surface area (Å²) in [5.41, 5.74) is 0.198. The lowest BCUT2D eigenvalue weighted by Gasteiger charge is -2.73. The fourth-order valence-electron chi connectivity index (χ4n) is 13.8. The zero-order chi connectivity index (χ0) is 62.1. The van der Waals surface area contributed by atoms with Crippen LogP contribution in [0.25, 0.3) is 0 Å². The highest BCUT2D eigenvalue weighted by Gasteiger charge is 2.68. The van der Waals surface area contributed by atoms with Gasteiger partial charge in [0, 0.05) is 79.3 Å². The van der Waals surface area contributed by atoms with Crippen molar-refractivity contribution in [3.05, 3.63) is 119 Å². The third-order valence-electron chi connectivity index (χ3n) is 18.7. The SMILES string of the molecule is CCC12CC(C3=C(CN4CCN(c5ccc(C(=O)NS(=O)(=O)c6ccc(N[C@H](CCN(C)CCCCCCNc7cccc8c7C(=O)N(C7CCC(=O)NC7=O)C8=O)CSc7ccccc7)c(S(=O)(=O)C(F)(F)F)c6)cc5)CC4)CCC(C)(C)C3)(C1)C2. The van der Waals surface area contributed by atoms with Crippen LogP contribution in [0.2, 0.25) is 0 Å². The standard InChI is InChI=1S/C64H79F3N8O9S3/c1-5-62-40-63(41-62,42-62)50-37-61(2,3)28-26-44(50)38-73-32-34-74(35-33-73)46-20-18-43(19-21-46)57(77)71-87(83,84)48-22-23-51(54(36-48)86(81,82)64(65,66)67)69-45(39-85-47-14-9-8-10-15-47)27-31-72(4)30-12-7-6-11-29-68-52-17-13-16-49-56(52)60(80)75(59(49)79)53-24-25-55(76)70-58(53)78/h8-10,13-23,36,45,53,68-69H,5-7,11-12,24-35,37-42H2,1-4H3,(H,71,77)(H,70,76,78)/t45-,53?,62?,63?/m1/s1. The lowest BCUT2D eigenvalue weighted by atomic mass is 9.31. The number of benzene rings is 4. The molecule has 4 N–H and O–H groups in total. The number of rotatable bonds is 26. The average Bonchev–Trinajstić information content (AvgIpc) is 1.07. The predicted molar refractivity (Wildman–Crippen MR) is 330 cm³/mol. The number of carbonyl (C=O) groups is 5. The minimum absolute atomic E-state index is 0.00733. The highest BCUT2D eigenvalue weighted by Crippen LogP contribution is 2.79. The number of alkyl halides is 3. The van der Waals surface area contributed by atoms with Crippen molar-refractivity contribution in [2.45, 2.75) is 143 Å². The summed E-state index contributed by atoms with van der Waals surface area (Å²) in [6, 6.07) is 21.4. The van der Waals surface area contributed by atoms with Gasteiger partial charge in [-0.2, -0.15) is 13.2 Å². The van der Waals surface area contributed by atoms with E-state index in [1.807, 2.05) is 42.1 Å². The van der Waals surface area contributed by atoms with Crippen molar-refractivity contribution in [1.29, 1.82) is 0 Å². The quantitative estimate of drug-likeness (QED) is 0.0199. The second kappa shape index (κ2) is 25.7. The Morgan fingerprint density at radius 2 is 1.54 bits per heavy atom. The molecule has 4 aromatic carbocycles. The van der Waals surface area contributed by atoms with E-state index in [1.165, 1.54) is 68.5 Å². The van der Waals surface area contributed by atoms with Crippen LogP contribution in [0.3, 0.4) is 0 Å². The molecule has 3 heterocycles. The van der Waals surface area contributed by atoms with Crippen LogP contribution >= 0.6 is 11.8 Å². The number of halogens is 3. The van der Waals surface area contributed by atoms with Crippen LogP contribution in [0.15, 0.2) is 117 Å². The molecule has 23 heteroatoms. The van der Waals surface area contributed by atoms with Gasteiger partial charge in [0.2, 0.25) is 11.8 Å². The van der Waals surface area contributed by atoms with Crippen molar-refractivity contribution in [1.82, 2.24) is 24.7 Å². The van der Waals surface area contributed by atoms with Crippen molar-refractivity contribution in [2.75, 3.05) is 80.7 Å². The maximum Gasteiger partial charge on any atom is 0.501 e. The first-order valence-corrected chi connectivity index (χ1v) is 34.3. The summed E-state index contributed by atoms with van der Waals surface area (Å²) in [5, 5.41) is 8.48. The minimum Gasteiger partial charge on any atom is -0.384 e. The number of sulfone groups is 1. The number of allylic oxidation sites excluding steroid dienone is 1. The van der Waals surface area contributed by atoms with Gasteiger partial charge < -0.3 is 20.4 Å². The van der Waals surface area contributed by atoms with Gasteiger partial charge in [-0.25, -0.2) is 21.6 Å². The summed E-state index contributed by atoms with van der Waals surface area (Å²) in [5.74, 6) is -3.04. The predicted octanol–water partition coefficient (Wildman–Crippen LogP) is 10.3. The topological polar surface area (TPSA) is 215 Å². The summed E-state index contributed by atoms with van der Waals surface area (Å²) in [6.07, 6.45) is 12.5. The van der Waals surface area contributed by atoms with Gasteiger partial charge in [-0.15, -0.1) is 11.8 Å². The smallest absolute Gasteiger partial charge is 0.384 e. The molecule has 5 amide bonds. The van der Waals surface area contributed by atoms with Crippen LogP contribution in [-0.4, -0.2) is 144 Å². The molecule has 2 bridgehead atoms. The molecule has 4 aromatic rings. The van der Waals surface area contributed by atoms with E-state index in [0.717, 1.165) is 92.4 Å². The summed E-state index contributed by atoms with van der Waals surface area (Å²) >= 11 is 1.42. The molecule has 3 aliphatic heterocycles. The van der Waals surface area contributed by atoms with Gasteiger partial charge in [-0.1, -0.05) is 75.4 Å². The molecule has 87 heavy (non-hydrogen) atoms. The average molecular weight is 1260 g/mol. The number of fused-ring (bicyclic) bond motifs is 1. The Kier molecular flexibility index (Phi) is 18.8. The van der Waals surface area contributed by atoms with Crippen LogP contribution in [0, 0.1) is 16.2 Å². The van der Waals surface area contributed by atoms with Gasteiger partial charge in [0.25, 0.3) is 37.6 Å². The number of piperidine rings is 1. The number of sulfonamides is 1. The van der Waals surface area contributed by atoms with Gasteiger partial charge in [0.1, 0.15) is 10.9 Å². The summed E-state index contributed by atoms with van der Waals surface area (Å²) in [6.45, 7) is 13.1. The first-order valence-electron chi connectivity index (χ1n) is 30.3. The molecular weight excluding hydrogens is 1180 g/mol. The first-order chi connectivity index (χ1) is 41.3. The lowest BCUT2D eigenvalue weighted by molar-refractivity contribution is -0.182. The van der Waals surface area contributed by atoms with Crippen LogP contribution < -0.4 is 25.6 Å². The molecule has 17 nitrogen and oxygen atoms in total. The molecular formula is C64H79F3N8O9S3. The van der Waals surface area contributed by atoms with Crippen LogP contribution in [-0.2, 0) is 29.4 Å². The molecule has 4 aliphatic carbocycles. The fourth-order valence-corrected chi connectivity index (χ4v) is 16.8. The van der Waals surface area contributed by atoms with Crippen molar-refractivity contribution in [2.24, 2.45) is 16.2 Å². The number of anilines is 3. The Balaban J connectivity index is 0.725. The van der Waals surface area contributed by atoms with Crippen LogP contribution in [0.4, 0.5) is 30.2 Å². The van der Waals surface area contributed by atoms with E-state index in [-0.39, 0.29) is 29.5 Å². The van der Waals surface area contributed by atoms with E-state index < -0.39 is 82.5 Å². The number of nitrogens with zero attached hydrogens (tertiary/aromatic N) is 4. The number of piperazine rings is 1. The summed E-state index contributed by atoms with van der Waals surface area (Å²) in [4.78, 5) is 71.0. The molecule has 0 aromatic heterocycles. The largest absolute Gasteiger partial charge is 0.501 e. The molecule has 2 atom stereocenters. The van der Waals surface area contributed by atoms with Gasteiger partial charge in [0.05, 0.1) is 21.7 Å². The number of hydrogen-bond acceptors (Lipinski definition) is 15. The molecule has 0 radical (unpaired) electrons. The summed E-state index contributed by atoms with van der Waals surface area (Å²) in [7, 11) is -9.13. The zero-order valence-corrected chi connectivity index (χ0v) is 52.3. The molecule has 7 aliphatic rings. The molecule has 0 spiro atoms. The monoisotopic (exact) mass is 1260 g/mol. The second-order valence-electron chi connectivity index (χ2n) is 25.5. The highest BCUT2D eigenvalue weighted by molar-refractivity contribution is 7.99. The molecule has 5 fully saturated rings. The molecule has 11 rings (SSSR count). The second-order valence-corrected chi connectivity index (χ2v) is 30.2. The number of hydrogen-bond donors (Lipinski definition) is 4. The Morgan fingerprint density at radius 1 is 0.828 bits per heavy atom. The van der Waals surface area contributed by atoms with Crippen molar-refractivity contribution in [3.8, 4) is 0 Å². The van der Waals surface area contributed by atoms with Gasteiger partial charge >= 0.3 is 5.51 Å². The fraction of sp³-hybridized carbons (Fsp3) is 0.516. The first kappa shape index (κ1) is 63.7. The Hall–Kier alpha value is -6.27. The maximum atomic E-state index is 14.5. The highest BCUT2D eigenvalue weighted by atomic mass is 32.2. The van der Waals surface area contributed by atoms with E-state index in [2.05, 4.69) is 51.4 Å². The van der Waals surface area contributed by atoms with E-state index >= 15 is 0 Å². The van der Waals surface area contributed by atoms with Crippen LogP contribution in [0.5, 0.6) is 0 Å². The number of nitrogens with one attached hydrogen (secondary N) is 4. The molecule has 2 saturated heterocycles. The normalized spacial score (nSPS) is 22.6. The zero-order valence-electron chi connectivity index (χ0n) is 49.9. The number of thioether (sulfide) groups is 1. The molecule has 1 unspecified atom stereocenters. The lowest BCUT2D eigenvalue weighted by Crippen LogP contribution is -2.63. The molecule has 3 saturated carbocycles. The van der Waals surface area contributed by atoms with E-state index in [1.54, 1.807) is 35.4 Å². The van der Waals surface area contributed by atoms with Crippen LogP contribution in [0.1, 0.15) is 142 Å². The Morgan fingerprint density at radius 3 is 2.23 bits per heavy atom. The summed E-state index contributed by atoms with van der Waals surface area (Å²) < 4.78 is 99.6. The molecule has 468 valence electrons. The number of carbonyl (C=O) groups excluding carboxylic acids is 5. The maximum absolute atomic E-state index is 14.5. The van der Waals surface area contributed by atoms with Gasteiger partial charge in [-0.05, 0) is 167 Å². The van der Waals surface area contributed by atoms with Crippen molar-refractivity contribution >= 4 is 78.2 Å². The third-order valence-corrected chi connectivity index (χ3v) is 22.8. The van der Waals surface area contributed by atoms with Gasteiger partial charge in [-0.3, -0.25) is 39.1 Å². The van der Waals surface area contributed by atoms with E-state index in [9.17, 15) is 54.0 Å². The van der Waals surface area contributed by atoms with E-state index in [4.69, 9.17) is 0 Å².